The standard InChI is InChI=1S/C21H24ClN5O3/c1-14-4-2-5-15(12-14)20(29)26-10-11-27(19(26)18(28)24-9-8-23)21(30)25-17-7-3-6-16(22)13-17/h2-7,12-13,19H,8-11,23H2,1H3,(H,24,28)(H,25,30). The zero-order valence-corrected chi connectivity index (χ0v) is 17.4. The molecule has 1 atom stereocenters. The van der Waals surface area contributed by atoms with Crippen LogP contribution in [0.3, 0.4) is 0 Å². The van der Waals surface area contributed by atoms with E-state index in [9.17, 15) is 14.4 Å². The van der Waals surface area contributed by atoms with Gasteiger partial charge in [-0.2, -0.15) is 0 Å². The smallest absolute Gasteiger partial charge is 0.323 e. The van der Waals surface area contributed by atoms with Crippen LogP contribution in [-0.2, 0) is 4.79 Å². The third-order valence-electron chi connectivity index (χ3n) is 4.71. The Hall–Kier alpha value is -3.10. The van der Waals surface area contributed by atoms with Gasteiger partial charge in [0, 0.05) is 42.5 Å². The molecule has 2 aromatic rings. The molecule has 0 bridgehead atoms. The van der Waals surface area contributed by atoms with E-state index in [2.05, 4.69) is 10.6 Å². The number of aryl methyl sites for hydroxylation is 1. The van der Waals surface area contributed by atoms with E-state index < -0.39 is 18.1 Å². The minimum absolute atomic E-state index is 0.213. The molecule has 1 aliphatic heterocycles. The maximum Gasteiger partial charge on any atom is 0.323 e. The first-order chi connectivity index (χ1) is 14.4. The van der Waals surface area contributed by atoms with E-state index in [1.165, 1.54) is 9.80 Å². The van der Waals surface area contributed by atoms with Crippen molar-refractivity contribution in [1.29, 1.82) is 0 Å². The fourth-order valence-electron chi connectivity index (χ4n) is 3.33. The molecule has 9 heteroatoms. The second-order valence-corrected chi connectivity index (χ2v) is 7.39. The number of hydrogen-bond acceptors (Lipinski definition) is 4. The lowest BCUT2D eigenvalue weighted by molar-refractivity contribution is -0.127. The van der Waals surface area contributed by atoms with E-state index in [1.807, 2.05) is 13.0 Å². The SMILES string of the molecule is Cc1cccc(C(=O)N2CCN(C(=O)Nc3cccc(Cl)c3)C2C(=O)NCCN)c1. The fraction of sp³-hybridized carbons (Fsp3) is 0.286. The Balaban J connectivity index is 1.84. The van der Waals surface area contributed by atoms with E-state index >= 15 is 0 Å². The van der Waals surface area contributed by atoms with Crippen molar-refractivity contribution in [3.8, 4) is 0 Å². The van der Waals surface area contributed by atoms with Gasteiger partial charge in [0.1, 0.15) is 0 Å². The summed E-state index contributed by atoms with van der Waals surface area (Å²) in [4.78, 5) is 41.6. The Morgan fingerprint density at radius 3 is 2.53 bits per heavy atom. The number of halogens is 1. The van der Waals surface area contributed by atoms with Gasteiger partial charge in [-0.1, -0.05) is 35.4 Å². The minimum Gasteiger partial charge on any atom is -0.351 e. The molecule has 0 radical (unpaired) electrons. The Labute approximate surface area is 180 Å². The molecule has 1 fully saturated rings. The van der Waals surface area contributed by atoms with Crippen LogP contribution in [0.15, 0.2) is 48.5 Å². The number of nitrogens with one attached hydrogen (secondary N) is 2. The highest BCUT2D eigenvalue weighted by Crippen LogP contribution is 2.21. The maximum atomic E-state index is 13.1. The van der Waals surface area contributed by atoms with Gasteiger partial charge in [-0.3, -0.25) is 14.5 Å². The average molecular weight is 430 g/mol. The van der Waals surface area contributed by atoms with Crippen LogP contribution in [0.25, 0.3) is 0 Å². The fourth-order valence-corrected chi connectivity index (χ4v) is 3.52. The molecule has 2 aromatic carbocycles. The second kappa shape index (κ2) is 9.60. The Morgan fingerprint density at radius 1 is 1.10 bits per heavy atom. The van der Waals surface area contributed by atoms with Crippen LogP contribution in [-0.4, -0.2) is 60.0 Å². The molecule has 1 saturated heterocycles. The summed E-state index contributed by atoms with van der Waals surface area (Å²) in [6.07, 6.45) is -1.08. The summed E-state index contributed by atoms with van der Waals surface area (Å²) in [6, 6.07) is 13.3. The van der Waals surface area contributed by atoms with Crippen molar-refractivity contribution in [2.75, 3.05) is 31.5 Å². The van der Waals surface area contributed by atoms with Crippen LogP contribution in [0, 0.1) is 6.92 Å². The van der Waals surface area contributed by atoms with Gasteiger partial charge in [-0.15, -0.1) is 0 Å². The third kappa shape index (κ3) is 4.90. The summed E-state index contributed by atoms with van der Waals surface area (Å²) in [5.74, 6) is -0.773. The van der Waals surface area contributed by atoms with Crippen LogP contribution < -0.4 is 16.4 Å². The van der Waals surface area contributed by atoms with Gasteiger partial charge in [0.2, 0.25) is 0 Å². The van der Waals surface area contributed by atoms with Crippen molar-refractivity contribution in [3.05, 3.63) is 64.7 Å². The highest BCUT2D eigenvalue weighted by atomic mass is 35.5. The second-order valence-electron chi connectivity index (χ2n) is 6.96. The number of urea groups is 1. The number of anilines is 1. The number of amides is 4. The summed E-state index contributed by atoms with van der Waals surface area (Å²) in [5.41, 5.74) is 7.38. The van der Waals surface area contributed by atoms with Crippen LogP contribution in [0.1, 0.15) is 15.9 Å². The monoisotopic (exact) mass is 429 g/mol. The Kier molecular flexibility index (Phi) is 6.91. The Morgan fingerprint density at radius 2 is 1.83 bits per heavy atom. The predicted octanol–water partition coefficient (Wildman–Crippen LogP) is 2.04. The number of benzene rings is 2. The molecule has 0 aromatic heterocycles. The lowest BCUT2D eigenvalue weighted by atomic mass is 10.1. The van der Waals surface area contributed by atoms with Gasteiger partial charge >= 0.3 is 6.03 Å². The zero-order valence-electron chi connectivity index (χ0n) is 16.6. The lowest BCUT2D eigenvalue weighted by Crippen LogP contribution is -2.55. The number of carbonyl (C=O) groups excluding carboxylic acids is 3. The zero-order chi connectivity index (χ0) is 21.7. The molecule has 0 saturated carbocycles. The van der Waals surface area contributed by atoms with Crippen molar-refractivity contribution in [3.63, 3.8) is 0 Å². The van der Waals surface area contributed by atoms with Crippen molar-refractivity contribution in [2.45, 2.75) is 13.1 Å². The van der Waals surface area contributed by atoms with E-state index in [0.717, 1.165) is 5.56 Å². The third-order valence-corrected chi connectivity index (χ3v) is 4.95. The molecule has 30 heavy (non-hydrogen) atoms. The molecule has 0 spiro atoms. The van der Waals surface area contributed by atoms with Crippen LogP contribution in [0.4, 0.5) is 10.5 Å². The number of hydrogen-bond donors (Lipinski definition) is 3. The summed E-state index contributed by atoms with van der Waals surface area (Å²) in [7, 11) is 0. The summed E-state index contributed by atoms with van der Waals surface area (Å²) in [5, 5.41) is 5.89. The molecule has 4 N–H and O–H groups in total. The quantitative estimate of drug-likeness (QED) is 0.675. The van der Waals surface area contributed by atoms with Crippen LogP contribution in [0.5, 0.6) is 0 Å². The number of nitrogens with two attached hydrogens (primary N) is 1. The predicted molar refractivity (Wildman–Crippen MR) is 115 cm³/mol. The van der Waals surface area contributed by atoms with Crippen molar-refractivity contribution in [1.82, 2.24) is 15.1 Å². The van der Waals surface area contributed by atoms with E-state index in [0.29, 0.717) is 16.3 Å². The molecule has 4 amide bonds. The molecule has 1 aliphatic rings. The average Bonchev–Trinajstić information content (AvgIpc) is 3.17. The summed E-state index contributed by atoms with van der Waals surface area (Å²) in [6.45, 7) is 2.82. The first-order valence-corrected chi connectivity index (χ1v) is 9.97. The first kappa shape index (κ1) is 21.6. The highest BCUT2D eigenvalue weighted by Gasteiger charge is 2.42. The first-order valence-electron chi connectivity index (χ1n) is 9.59. The van der Waals surface area contributed by atoms with Gasteiger partial charge in [-0.05, 0) is 37.3 Å². The van der Waals surface area contributed by atoms with E-state index in [1.54, 1.807) is 42.5 Å². The highest BCUT2D eigenvalue weighted by molar-refractivity contribution is 6.30. The molecule has 1 heterocycles. The van der Waals surface area contributed by atoms with E-state index in [4.69, 9.17) is 17.3 Å². The van der Waals surface area contributed by atoms with Crippen molar-refractivity contribution in [2.24, 2.45) is 5.73 Å². The van der Waals surface area contributed by atoms with Crippen LogP contribution in [0.2, 0.25) is 5.02 Å². The minimum atomic E-state index is -1.08. The number of rotatable bonds is 5. The van der Waals surface area contributed by atoms with Crippen molar-refractivity contribution >= 4 is 35.1 Å². The molecule has 3 rings (SSSR count). The van der Waals surface area contributed by atoms with Crippen molar-refractivity contribution < 1.29 is 14.4 Å². The van der Waals surface area contributed by atoms with Gasteiger partial charge in [0.15, 0.2) is 6.17 Å². The van der Waals surface area contributed by atoms with Gasteiger partial charge in [-0.25, -0.2) is 4.79 Å². The van der Waals surface area contributed by atoms with Gasteiger partial charge < -0.3 is 21.3 Å². The molecule has 8 nitrogen and oxygen atoms in total. The van der Waals surface area contributed by atoms with Gasteiger partial charge in [0.25, 0.3) is 11.8 Å². The van der Waals surface area contributed by atoms with Crippen LogP contribution >= 0.6 is 11.6 Å². The topological polar surface area (TPSA) is 108 Å². The van der Waals surface area contributed by atoms with E-state index in [-0.39, 0.29) is 32.1 Å². The number of nitrogens with zero attached hydrogens (tertiary/aromatic N) is 2. The molecular formula is C21H24ClN5O3. The molecule has 158 valence electrons. The summed E-state index contributed by atoms with van der Waals surface area (Å²) >= 11 is 5.98. The molecular weight excluding hydrogens is 406 g/mol. The Bertz CT molecular complexity index is 952. The lowest BCUT2D eigenvalue weighted by Gasteiger charge is -2.29. The normalized spacial score (nSPS) is 15.8. The number of carbonyl (C=O) groups is 3. The molecule has 1 unspecified atom stereocenters. The van der Waals surface area contributed by atoms with Gasteiger partial charge in [0.05, 0.1) is 0 Å². The molecule has 0 aliphatic carbocycles. The largest absolute Gasteiger partial charge is 0.351 e. The summed E-state index contributed by atoms with van der Waals surface area (Å²) < 4.78 is 0. The maximum absolute atomic E-state index is 13.1.